The first kappa shape index (κ1) is 12.8. The molecule has 2 fully saturated rings. The van der Waals surface area contributed by atoms with Crippen LogP contribution in [0.2, 0.25) is 0 Å². The molecule has 2 N–H and O–H groups in total. The van der Waals surface area contributed by atoms with Crippen LogP contribution in [0.4, 0.5) is 5.82 Å². The largest absolute Gasteiger partial charge is 0.478 e. The summed E-state index contributed by atoms with van der Waals surface area (Å²) in [6.07, 6.45) is 4.22. The van der Waals surface area contributed by atoms with Gasteiger partial charge in [0.25, 0.3) is 0 Å². The molecule has 1 aromatic rings. The average Bonchev–Trinajstić information content (AvgIpc) is 3.29. The van der Waals surface area contributed by atoms with Crippen molar-refractivity contribution in [3.8, 4) is 0 Å². The number of nitrogens with one attached hydrogen (secondary N) is 1. The third-order valence-corrected chi connectivity index (χ3v) is 3.85. The summed E-state index contributed by atoms with van der Waals surface area (Å²) in [4.78, 5) is 39.1. The van der Waals surface area contributed by atoms with Gasteiger partial charge in [-0.05, 0) is 37.8 Å². The van der Waals surface area contributed by atoms with Crippen molar-refractivity contribution in [2.45, 2.75) is 25.7 Å². The van der Waals surface area contributed by atoms with E-state index in [1.165, 1.54) is 18.3 Å². The van der Waals surface area contributed by atoms with Crippen LogP contribution in [0.3, 0.4) is 0 Å². The Hall–Kier alpha value is -2.24. The van der Waals surface area contributed by atoms with Crippen LogP contribution in [-0.2, 0) is 9.59 Å². The van der Waals surface area contributed by atoms with E-state index >= 15 is 0 Å². The van der Waals surface area contributed by atoms with Gasteiger partial charge in [-0.1, -0.05) is 0 Å². The van der Waals surface area contributed by atoms with Gasteiger partial charge in [0.1, 0.15) is 11.2 Å². The first-order chi connectivity index (χ1) is 9.53. The zero-order chi connectivity index (χ0) is 14.3. The molecule has 104 valence electrons. The number of pyridine rings is 1. The topological polar surface area (TPSA) is 96.4 Å². The van der Waals surface area contributed by atoms with Crippen LogP contribution in [-0.4, -0.2) is 27.8 Å². The number of carbonyl (C=O) groups is 3. The second kappa shape index (κ2) is 4.40. The molecule has 1 heterocycles. The van der Waals surface area contributed by atoms with E-state index in [2.05, 4.69) is 10.3 Å². The number of hydrogen-bond acceptors (Lipinski definition) is 4. The molecular weight excluding hydrogens is 260 g/mol. The molecular formula is C14H14N2O4. The molecule has 2 aliphatic carbocycles. The number of rotatable bonds is 5. The Kier molecular flexibility index (Phi) is 2.81. The monoisotopic (exact) mass is 274 g/mol. The van der Waals surface area contributed by atoms with Gasteiger partial charge in [-0.2, -0.15) is 0 Å². The quantitative estimate of drug-likeness (QED) is 0.793. The van der Waals surface area contributed by atoms with E-state index in [0.29, 0.717) is 12.8 Å². The highest BCUT2D eigenvalue weighted by atomic mass is 16.4. The number of hydrogen-bond donors (Lipinski definition) is 2. The molecule has 3 rings (SSSR count). The number of carboxylic acid groups (broad SMARTS) is 1. The fourth-order valence-electron chi connectivity index (χ4n) is 2.31. The van der Waals surface area contributed by atoms with Crippen molar-refractivity contribution in [1.82, 2.24) is 4.98 Å². The van der Waals surface area contributed by atoms with Crippen molar-refractivity contribution in [3.05, 3.63) is 23.9 Å². The number of anilines is 1. The molecule has 1 amide bonds. The van der Waals surface area contributed by atoms with Gasteiger partial charge in [0, 0.05) is 12.1 Å². The van der Waals surface area contributed by atoms with Gasteiger partial charge in [0.15, 0.2) is 5.78 Å². The zero-order valence-electron chi connectivity index (χ0n) is 10.8. The lowest BCUT2D eigenvalue weighted by Crippen LogP contribution is -2.32. The van der Waals surface area contributed by atoms with Gasteiger partial charge in [-0.3, -0.25) is 9.59 Å². The summed E-state index contributed by atoms with van der Waals surface area (Å²) in [7, 11) is 0. The second-order valence-electron chi connectivity index (χ2n) is 5.41. The van der Waals surface area contributed by atoms with Gasteiger partial charge in [0.05, 0.1) is 5.56 Å². The molecule has 0 saturated heterocycles. The highest BCUT2D eigenvalue weighted by molar-refractivity contribution is 6.14. The second-order valence-corrected chi connectivity index (χ2v) is 5.41. The lowest BCUT2D eigenvalue weighted by molar-refractivity contribution is -0.133. The molecule has 0 spiro atoms. The van der Waals surface area contributed by atoms with Crippen molar-refractivity contribution in [1.29, 1.82) is 0 Å². The van der Waals surface area contributed by atoms with Crippen LogP contribution in [0.5, 0.6) is 0 Å². The number of carbonyl (C=O) groups excluding carboxylic acids is 2. The summed E-state index contributed by atoms with van der Waals surface area (Å²) in [5, 5.41) is 11.5. The molecule has 0 bridgehead atoms. The van der Waals surface area contributed by atoms with Crippen LogP contribution in [0.1, 0.15) is 36.0 Å². The molecule has 0 unspecified atom stereocenters. The normalized spacial score (nSPS) is 19.2. The predicted octanol–water partition coefficient (Wildman–Crippen LogP) is 1.48. The Labute approximate surface area is 115 Å². The molecule has 2 saturated carbocycles. The van der Waals surface area contributed by atoms with E-state index in [1.54, 1.807) is 0 Å². The van der Waals surface area contributed by atoms with E-state index in [0.717, 1.165) is 12.8 Å². The Morgan fingerprint density at radius 3 is 2.55 bits per heavy atom. The number of nitrogens with zero attached hydrogens (tertiary/aromatic N) is 1. The average molecular weight is 274 g/mol. The van der Waals surface area contributed by atoms with Gasteiger partial charge >= 0.3 is 5.97 Å². The Morgan fingerprint density at radius 2 is 2.00 bits per heavy atom. The molecule has 0 atom stereocenters. The smallest absolute Gasteiger partial charge is 0.335 e. The van der Waals surface area contributed by atoms with Crippen LogP contribution < -0.4 is 5.32 Å². The molecule has 6 nitrogen and oxygen atoms in total. The number of carboxylic acids is 1. The highest BCUT2D eigenvalue weighted by Gasteiger charge is 2.59. The third-order valence-electron chi connectivity index (χ3n) is 3.85. The summed E-state index contributed by atoms with van der Waals surface area (Å²) in [6.45, 7) is 0. The molecule has 0 aliphatic heterocycles. The van der Waals surface area contributed by atoms with E-state index in [4.69, 9.17) is 5.11 Å². The van der Waals surface area contributed by atoms with Crippen LogP contribution in [0, 0.1) is 11.3 Å². The number of Topliss-reactive ketones (excluding diaryl/α,β-unsaturated/α-hetero) is 1. The lowest BCUT2D eigenvalue weighted by atomic mass is 9.96. The summed E-state index contributed by atoms with van der Waals surface area (Å²) in [5.74, 6) is -1.20. The fraction of sp³-hybridized carbons (Fsp3) is 0.429. The minimum absolute atomic E-state index is 0.0318. The van der Waals surface area contributed by atoms with E-state index in [9.17, 15) is 14.4 Å². The van der Waals surface area contributed by atoms with Crippen molar-refractivity contribution >= 4 is 23.5 Å². The standard InChI is InChI=1S/C14H14N2O4/c17-11(8-1-2-8)14(4-5-14)13(20)16-10-7-9(12(18)19)3-6-15-10/h3,6-8H,1-2,4-5H2,(H,18,19)(H,15,16,20). The SMILES string of the molecule is O=C(O)c1ccnc(NC(=O)C2(C(=O)C3CC3)CC2)c1. The number of aromatic carboxylic acids is 1. The lowest BCUT2D eigenvalue weighted by Gasteiger charge is -2.13. The first-order valence-electron chi connectivity index (χ1n) is 6.58. The van der Waals surface area contributed by atoms with Crippen molar-refractivity contribution in [2.24, 2.45) is 11.3 Å². The van der Waals surface area contributed by atoms with E-state index in [-0.39, 0.29) is 29.0 Å². The summed E-state index contributed by atoms with van der Waals surface area (Å²) >= 11 is 0. The summed E-state index contributed by atoms with van der Waals surface area (Å²) in [6, 6.07) is 2.64. The maximum Gasteiger partial charge on any atom is 0.335 e. The molecule has 1 aromatic heterocycles. The fourth-order valence-corrected chi connectivity index (χ4v) is 2.31. The predicted molar refractivity (Wildman–Crippen MR) is 69.2 cm³/mol. The van der Waals surface area contributed by atoms with Crippen molar-refractivity contribution in [2.75, 3.05) is 5.32 Å². The highest BCUT2D eigenvalue weighted by Crippen LogP contribution is 2.52. The van der Waals surface area contributed by atoms with Crippen molar-refractivity contribution in [3.63, 3.8) is 0 Å². The van der Waals surface area contributed by atoms with Gasteiger partial charge in [-0.15, -0.1) is 0 Å². The maximum absolute atomic E-state index is 12.2. The Bertz CT molecular complexity index is 603. The minimum Gasteiger partial charge on any atom is -0.478 e. The van der Waals surface area contributed by atoms with E-state index < -0.39 is 11.4 Å². The maximum atomic E-state index is 12.2. The van der Waals surface area contributed by atoms with Crippen LogP contribution in [0.15, 0.2) is 18.3 Å². The zero-order valence-corrected chi connectivity index (χ0v) is 10.8. The summed E-state index contributed by atoms with van der Waals surface area (Å²) < 4.78 is 0. The first-order valence-corrected chi connectivity index (χ1v) is 6.58. The molecule has 0 radical (unpaired) electrons. The molecule has 20 heavy (non-hydrogen) atoms. The Morgan fingerprint density at radius 1 is 1.30 bits per heavy atom. The molecule has 2 aliphatic rings. The van der Waals surface area contributed by atoms with Crippen LogP contribution >= 0.6 is 0 Å². The molecule has 6 heteroatoms. The van der Waals surface area contributed by atoms with Gasteiger partial charge in [0.2, 0.25) is 5.91 Å². The molecule has 0 aromatic carbocycles. The van der Waals surface area contributed by atoms with Crippen molar-refractivity contribution < 1.29 is 19.5 Å². The third kappa shape index (κ3) is 2.17. The minimum atomic E-state index is -1.09. The Balaban J connectivity index is 1.74. The number of aromatic nitrogens is 1. The summed E-state index contributed by atoms with van der Waals surface area (Å²) in [5.41, 5.74) is -0.837. The number of ketones is 1. The van der Waals surface area contributed by atoms with Crippen LogP contribution in [0.25, 0.3) is 0 Å². The van der Waals surface area contributed by atoms with Gasteiger partial charge in [-0.25, -0.2) is 9.78 Å². The van der Waals surface area contributed by atoms with E-state index in [1.807, 2.05) is 0 Å². The number of amides is 1. The van der Waals surface area contributed by atoms with Gasteiger partial charge < -0.3 is 10.4 Å².